The normalized spacial score (nSPS) is 15.0. The molecule has 0 aliphatic carbocycles. The number of nitrogens with zero attached hydrogens (tertiary/aromatic N) is 1. The summed E-state index contributed by atoms with van der Waals surface area (Å²) in [7, 11) is 0. The number of piperidine rings is 1. The maximum absolute atomic E-state index is 12.4. The van der Waals surface area contributed by atoms with E-state index >= 15 is 0 Å². The highest BCUT2D eigenvalue weighted by Crippen LogP contribution is 2.31. The van der Waals surface area contributed by atoms with Crippen molar-refractivity contribution < 1.29 is 9.59 Å². The lowest BCUT2D eigenvalue weighted by atomic mass is 9.97. The first-order valence-electron chi connectivity index (χ1n) is 8.91. The fourth-order valence-corrected chi connectivity index (χ4v) is 3.91. The Labute approximate surface area is 157 Å². The Morgan fingerprint density at radius 3 is 2.35 bits per heavy atom. The summed E-state index contributed by atoms with van der Waals surface area (Å²) in [4.78, 5) is 29.9. The molecule has 2 amide bonds. The van der Waals surface area contributed by atoms with E-state index in [1.807, 2.05) is 20.0 Å². The van der Waals surface area contributed by atoms with Gasteiger partial charge in [-0.25, -0.2) is 4.98 Å². The molecule has 26 heavy (non-hydrogen) atoms. The second kappa shape index (κ2) is 8.42. The molecule has 0 saturated carbocycles. The summed E-state index contributed by atoms with van der Waals surface area (Å²) in [5, 5.41) is 9.65. The summed E-state index contributed by atoms with van der Waals surface area (Å²) >= 11 is 1.54. The van der Waals surface area contributed by atoms with Crippen molar-refractivity contribution in [3.05, 3.63) is 46.5 Å². The Hall–Kier alpha value is -2.25. The van der Waals surface area contributed by atoms with Gasteiger partial charge in [-0.1, -0.05) is 0 Å². The number of benzene rings is 1. The second-order valence-electron chi connectivity index (χ2n) is 6.75. The maximum Gasteiger partial charge on any atom is 0.257 e. The summed E-state index contributed by atoms with van der Waals surface area (Å²) < 4.78 is 0. The Balaban J connectivity index is 1.61. The predicted molar refractivity (Wildman–Crippen MR) is 104 cm³/mol. The lowest BCUT2D eigenvalue weighted by Crippen LogP contribution is -2.30. The predicted octanol–water partition coefficient (Wildman–Crippen LogP) is 3.00. The molecule has 1 aliphatic rings. The average Bonchev–Trinajstić information content (AvgIpc) is 3.10. The third kappa shape index (κ3) is 4.68. The van der Waals surface area contributed by atoms with Crippen LogP contribution >= 0.6 is 11.3 Å². The molecule has 0 spiro atoms. The SMILES string of the molecule is CC(C)NC(=O)c1ccc(C(=O)Nc2ncc(C3CCNCC3)s2)cc1. The van der Waals surface area contributed by atoms with Gasteiger partial charge in [0.25, 0.3) is 11.8 Å². The first kappa shape index (κ1) is 18.5. The quantitative estimate of drug-likeness (QED) is 0.753. The van der Waals surface area contributed by atoms with Crippen LogP contribution in [-0.4, -0.2) is 35.9 Å². The standard InChI is InChI=1S/C19H24N4O2S/c1-12(2)22-17(24)14-3-5-15(6-4-14)18(25)23-19-21-11-16(26-19)13-7-9-20-10-8-13/h3-6,11-13,20H,7-10H2,1-2H3,(H,22,24)(H,21,23,25). The third-order valence-electron chi connectivity index (χ3n) is 4.31. The van der Waals surface area contributed by atoms with Crippen LogP contribution in [0.4, 0.5) is 5.13 Å². The minimum Gasteiger partial charge on any atom is -0.350 e. The monoisotopic (exact) mass is 372 g/mol. The van der Waals surface area contributed by atoms with Crippen LogP contribution in [0, 0.1) is 0 Å². The van der Waals surface area contributed by atoms with Gasteiger partial charge in [0.05, 0.1) is 0 Å². The number of carbonyl (C=O) groups is 2. The number of hydrogen-bond donors (Lipinski definition) is 3. The summed E-state index contributed by atoms with van der Waals surface area (Å²) in [5.41, 5.74) is 1.04. The minimum atomic E-state index is -0.216. The molecular weight excluding hydrogens is 348 g/mol. The van der Waals surface area contributed by atoms with Crippen molar-refractivity contribution in [2.45, 2.75) is 38.6 Å². The number of nitrogens with one attached hydrogen (secondary N) is 3. The van der Waals surface area contributed by atoms with Gasteiger partial charge in [-0.3, -0.25) is 14.9 Å². The highest BCUT2D eigenvalue weighted by atomic mass is 32.1. The van der Waals surface area contributed by atoms with Crippen LogP contribution in [0.5, 0.6) is 0 Å². The van der Waals surface area contributed by atoms with E-state index in [0.717, 1.165) is 25.9 Å². The molecule has 0 atom stereocenters. The molecule has 1 aliphatic heterocycles. The lowest BCUT2D eigenvalue weighted by Gasteiger charge is -2.20. The van der Waals surface area contributed by atoms with Crippen LogP contribution in [0.1, 0.15) is 58.2 Å². The van der Waals surface area contributed by atoms with Gasteiger partial charge in [0.15, 0.2) is 5.13 Å². The highest BCUT2D eigenvalue weighted by Gasteiger charge is 2.18. The van der Waals surface area contributed by atoms with E-state index in [1.165, 1.54) is 4.88 Å². The van der Waals surface area contributed by atoms with E-state index in [0.29, 0.717) is 22.2 Å². The van der Waals surface area contributed by atoms with Crippen molar-refractivity contribution in [2.24, 2.45) is 0 Å². The fourth-order valence-electron chi connectivity index (χ4n) is 2.93. The van der Waals surface area contributed by atoms with Gasteiger partial charge in [0, 0.05) is 28.2 Å². The molecule has 3 rings (SSSR count). The van der Waals surface area contributed by atoms with Crippen molar-refractivity contribution in [3.63, 3.8) is 0 Å². The number of hydrogen-bond acceptors (Lipinski definition) is 5. The summed E-state index contributed by atoms with van der Waals surface area (Å²) in [6.45, 7) is 5.87. The molecule has 0 radical (unpaired) electrons. The molecule has 2 heterocycles. The van der Waals surface area contributed by atoms with Crippen LogP contribution < -0.4 is 16.0 Å². The molecule has 3 N–H and O–H groups in total. The first-order chi connectivity index (χ1) is 12.5. The highest BCUT2D eigenvalue weighted by molar-refractivity contribution is 7.15. The van der Waals surface area contributed by atoms with Gasteiger partial charge in [-0.2, -0.15) is 0 Å². The molecule has 0 bridgehead atoms. The zero-order valence-corrected chi connectivity index (χ0v) is 15.9. The summed E-state index contributed by atoms with van der Waals surface area (Å²) in [5.74, 6) is 0.170. The molecular formula is C19H24N4O2S. The molecule has 1 saturated heterocycles. The second-order valence-corrected chi connectivity index (χ2v) is 7.81. The first-order valence-corrected chi connectivity index (χ1v) is 9.73. The molecule has 1 fully saturated rings. The Kier molecular flexibility index (Phi) is 6.00. The zero-order valence-electron chi connectivity index (χ0n) is 15.0. The molecule has 1 aromatic carbocycles. The average molecular weight is 372 g/mol. The third-order valence-corrected chi connectivity index (χ3v) is 5.39. The van der Waals surface area contributed by atoms with Crippen molar-refractivity contribution in [1.82, 2.24) is 15.6 Å². The molecule has 1 aromatic heterocycles. The van der Waals surface area contributed by atoms with E-state index in [-0.39, 0.29) is 17.9 Å². The maximum atomic E-state index is 12.4. The number of amides is 2. The largest absolute Gasteiger partial charge is 0.350 e. The van der Waals surface area contributed by atoms with E-state index < -0.39 is 0 Å². The molecule has 0 unspecified atom stereocenters. The van der Waals surface area contributed by atoms with E-state index in [4.69, 9.17) is 0 Å². The van der Waals surface area contributed by atoms with Crippen LogP contribution in [0.3, 0.4) is 0 Å². The molecule has 7 heteroatoms. The van der Waals surface area contributed by atoms with Crippen LogP contribution in [0.2, 0.25) is 0 Å². The number of anilines is 1. The van der Waals surface area contributed by atoms with Gasteiger partial charge in [-0.15, -0.1) is 11.3 Å². The Morgan fingerprint density at radius 1 is 1.12 bits per heavy atom. The number of thiazole rings is 1. The van der Waals surface area contributed by atoms with E-state index in [2.05, 4.69) is 20.9 Å². The lowest BCUT2D eigenvalue weighted by molar-refractivity contribution is 0.0941. The van der Waals surface area contributed by atoms with Gasteiger partial charge in [0.1, 0.15) is 0 Å². The summed E-state index contributed by atoms with van der Waals surface area (Å²) in [6.07, 6.45) is 4.08. The topological polar surface area (TPSA) is 83.1 Å². The van der Waals surface area contributed by atoms with Crippen LogP contribution in [0.25, 0.3) is 0 Å². The van der Waals surface area contributed by atoms with Crippen molar-refractivity contribution in [1.29, 1.82) is 0 Å². The minimum absolute atomic E-state index is 0.0736. The Morgan fingerprint density at radius 2 is 1.73 bits per heavy atom. The van der Waals surface area contributed by atoms with Crippen molar-refractivity contribution >= 4 is 28.3 Å². The Bertz CT molecular complexity index is 764. The number of carbonyl (C=O) groups excluding carboxylic acids is 2. The van der Waals surface area contributed by atoms with Crippen molar-refractivity contribution in [3.8, 4) is 0 Å². The van der Waals surface area contributed by atoms with E-state index in [9.17, 15) is 9.59 Å². The van der Waals surface area contributed by atoms with Crippen LogP contribution in [0.15, 0.2) is 30.5 Å². The molecule has 6 nitrogen and oxygen atoms in total. The zero-order chi connectivity index (χ0) is 18.5. The molecule has 138 valence electrons. The van der Waals surface area contributed by atoms with Crippen molar-refractivity contribution in [2.75, 3.05) is 18.4 Å². The van der Waals surface area contributed by atoms with Gasteiger partial charge in [-0.05, 0) is 70.0 Å². The number of rotatable bonds is 5. The smallest absolute Gasteiger partial charge is 0.257 e. The van der Waals surface area contributed by atoms with Crippen LogP contribution in [-0.2, 0) is 0 Å². The molecule has 2 aromatic rings. The van der Waals surface area contributed by atoms with E-state index in [1.54, 1.807) is 35.6 Å². The fraction of sp³-hybridized carbons (Fsp3) is 0.421. The van der Waals surface area contributed by atoms with Gasteiger partial charge < -0.3 is 10.6 Å². The number of aromatic nitrogens is 1. The summed E-state index contributed by atoms with van der Waals surface area (Å²) in [6, 6.07) is 6.71. The van der Waals surface area contributed by atoms with Gasteiger partial charge in [0.2, 0.25) is 0 Å². The van der Waals surface area contributed by atoms with Gasteiger partial charge >= 0.3 is 0 Å².